The summed E-state index contributed by atoms with van der Waals surface area (Å²) in [6.45, 7) is 3.19. The van der Waals surface area contributed by atoms with Crippen LogP contribution in [0.4, 0.5) is 0 Å². The lowest BCUT2D eigenvalue weighted by Gasteiger charge is -2.31. The summed E-state index contributed by atoms with van der Waals surface area (Å²) in [4.78, 5) is 0. The third kappa shape index (κ3) is 3.83. The van der Waals surface area contributed by atoms with E-state index in [2.05, 4.69) is 18.3 Å². The summed E-state index contributed by atoms with van der Waals surface area (Å²) in [6.07, 6.45) is 6.32. The van der Waals surface area contributed by atoms with E-state index in [4.69, 9.17) is 21.1 Å². The lowest BCUT2D eigenvalue weighted by atomic mass is 9.79. The number of hydrogen-bond donors (Lipinski definition) is 1. The van der Waals surface area contributed by atoms with Crippen LogP contribution in [-0.4, -0.2) is 20.8 Å². The SMILES string of the molecule is CCCNC(CC1CCC1)c1ccc(OC)c(Cl)c1OC. The Bertz CT molecular complexity index is 460. The second-order valence-electron chi connectivity index (χ2n) is 5.74. The molecule has 1 saturated carbocycles. The van der Waals surface area contributed by atoms with Crippen LogP contribution in [0.15, 0.2) is 12.1 Å². The maximum absolute atomic E-state index is 6.40. The van der Waals surface area contributed by atoms with Crippen molar-refractivity contribution in [2.24, 2.45) is 5.92 Å². The molecule has 0 heterocycles. The summed E-state index contributed by atoms with van der Waals surface area (Å²) >= 11 is 6.40. The quantitative estimate of drug-likeness (QED) is 0.761. The van der Waals surface area contributed by atoms with Crippen LogP contribution in [0.1, 0.15) is 50.6 Å². The van der Waals surface area contributed by atoms with E-state index in [9.17, 15) is 0 Å². The summed E-state index contributed by atoms with van der Waals surface area (Å²) in [5.74, 6) is 2.23. The fraction of sp³-hybridized carbons (Fsp3) is 0.647. The standard InChI is InChI=1S/C17H26ClNO2/c1-4-10-19-14(11-12-6-5-7-12)13-8-9-15(20-2)16(18)17(13)21-3/h8-9,12,14,19H,4-7,10-11H2,1-3H3. The van der Waals surface area contributed by atoms with E-state index in [1.807, 2.05) is 6.07 Å². The fourth-order valence-electron chi connectivity index (χ4n) is 2.89. The minimum atomic E-state index is 0.300. The van der Waals surface area contributed by atoms with Crippen LogP contribution in [0.2, 0.25) is 5.02 Å². The van der Waals surface area contributed by atoms with E-state index in [-0.39, 0.29) is 0 Å². The van der Waals surface area contributed by atoms with E-state index in [1.165, 1.54) is 19.3 Å². The molecule has 1 aliphatic carbocycles. The van der Waals surface area contributed by atoms with Gasteiger partial charge in [0.25, 0.3) is 0 Å². The first-order valence-corrected chi connectivity index (χ1v) is 8.22. The minimum absolute atomic E-state index is 0.300. The molecule has 1 fully saturated rings. The Morgan fingerprint density at radius 1 is 1.29 bits per heavy atom. The first-order chi connectivity index (χ1) is 10.2. The Morgan fingerprint density at radius 3 is 2.57 bits per heavy atom. The molecule has 0 amide bonds. The molecule has 0 radical (unpaired) electrons. The van der Waals surface area contributed by atoms with Crippen LogP contribution in [0.25, 0.3) is 0 Å². The maximum Gasteiger partial charge on any atom is 0.146 e. The van der Waals surface area contributed by atoms with Gasteiger partial charge >= 0.3 is 0 Å². The van der Waals surface area contributed by atoms with Crippen molar-refractivity contribution in [3.05, 3.63) is 22.7 Å². The van der Waals surface area contributed by atoms with Crippen molar-refractivity contribution in [3.63, 3.8) is 0 Å². The highest BCUT2D eigenvalue weighted by Gasteiger charge is 2.26. The molecule has 1 unspecified atom stereocenters. The number of rotatable bonds is 8. The van der Waals surface area contributed by atoms with Crippen LogP contribution in [0.3, 0.4) is 0 Å². The van der Waals surface area contributed by atoms with Crippen molar-refractivity contribution in [2.45, 2.75) is 45.1 Å². The van der Waals surface area contributed by atoms with Crippen molar-refractivity contribution in [1.82, 2.24) is 5.32 Å². The Kier molecular flexibility index (Phi) is 6.19. The summed E-state index contributed by atoms with van der Waals surface area (Å²) in [5, 5.41) is 4.21. The normalized spacial score (nSPS) is 16.4. The van der Waals surface area contributed by atoms with Gasteiger partial charge in [-0.05, 0) is 37.4 Å². The number of ether oxygens (including phenoxy) is 2. The minimum Gasteiger partial charge on any atom is -0.495 e. The number of hydrogen-bond acceptors (Lipinski definition) is 3. The third-order valence-corrected chi connectivity index (χ3v) is 4.68. The Balaban J connectivity index is 2.26. The lowest BCUT2D eigenvalue weighted by Crippen LogP contribution is -2.27. The molecule has 0 saturated heterocycles. The van der Waals surface area contributed by atoms with Gasteiger partial charge in [0.15, 0.2) is 0 Å². The van der Waals surface area contributed by atoms with Gasteiger partial charge in [-0.15, -0.1) is 0 Å². The molecule has 1 aromatic carbocycles. The molecule has 4 heteroatoms. The fourth-order valence-corrected chi connectivity index (χ4v) is 3.22. The van der Waals surface area contributed by atoms with Crippen molar-refractivity contribution < 1.29 is 9.47 Å². The summed E-state index contributed by atoms with van der Waals surface area (Å²) in [5.41, 5.74) is 1.14. The van der Waals surface area contributed by atoms with Gasteiger partial charge in [0, 0.05) is 11.6 Å². The van der Waals surface area contributed by atoms with Gasteiger partial charge < -0.3 is 14.8 Å². The number of nitrogens with one attached hydrogen (secondary N) is 1. The van der Waals surface area contributed by atoms with Gasteiger partial charge in [0.2, 0.25) is 0 Å². The van der Waals surface area contributed by atoms with E-state index in [0.29, 0.717) is 16.8 Å². The topological polar surface area (TPSA) is 30.5 Å². The zero-order chi connectivity index (χ0) is 15.2. The van der Waals surface area contributed by atoms with Crippen LogP contribution < -0.4 is 14.8 Å². The van der Waals surface area contributed by atoms with Gasteiger partial charge in [-0.3, -0.25) is 0 Å². The largest absolute Gasteiger partial charge is 0.495 e. The first kappa shape index (κ1) is 16.4. The van der Waals surface area contributed by atoms with Gasteiger partial charge in [-0.25, -0.2) is 0 Å². The number of benzene rings is 1. The summed E-state index contributed by atoms with van der Waals surface area (Å²) in [6, 6.07) is 4.31. The summed E-state index contributed by atoms with van der Waals surface area (Å²) in [7, 11) is 3.30. The monoisotopic (exact) mass is 311 g/mol. The van der Waals surface area contributed by atoms with Gasteiger partial charge in [-0.2, -0.15) is 0 Å². The zero-order valence-corrected chi connectivity index (χ0v) is 14.0. The van der Waals surface area contributed by atoms with E-state index in [0.717, 1.165) is 36.6 Å². The van der Waals surface area contributed by atoms with Gasteiger partial charge in [-0.1, -0.05) is 37.8 Å². The molecule has 1 aromatic rings. The van der Waals surface area contributed by atoms with Gasteiger partial charge in [0.1, 0.15) is 16.5 Å². The molecule has 0 aliphatic heterocycles. The van der Waals surface area contributed by atoms with Gasteiger partial charge in [0.05, 0.1) is 14.2 Å². The van der Waals surface area contributed by atoms with Crippen molar-refractivity contribution in [3.8, 4) is 11.5 Å². The molecule has 3 nitrogen and oxygen atoms in total. The Morgan fingerprint density at radius 2 is 2.05 bits per heavy atom. The molecular formula is C17H26ClNO2. The lowest BCUT2D eigenvalue weighted by molar-refractivity contribution is 0.258. The molecular weight excluding hydrogens is 286 g/mol. The first-order valence-electron chi connectivity index (χ1n) is 7.85. The molecule has 1 aliphatic rings. The number of halogens is 1. The molecule has 2 rings (SSSR count). The molecule has 1 atom stereocenters. The van der Waals surface area contributed by atoms with Crippen LogP contribution in [0.5, 0.6) is 11.5 Å². The van der Waals surface area contributed by atoms with Crippen molar-refractivity contribution in [1.29, 1.82) is 0 Å². The molecule has 0 bridgehead atoms. The molecule has 1 N–H and O–H groups in total. The Labute approximate surface area is 133 Å². The smallest absolute Gasteiger partial charge is 0.146 e. The Hall–Kier alpha value is -0.930. The molecule has 118 valence electrons. The van der Waals surface area contributed by atoms with Crippen LogP contribution >= 0.6 is 11.6 Å². The molecule has 21 heavy (non-hydrogen) atoms. The van der Waals surface area contributed by atoms with E-state index >= 15 is 0 Å². The van der Waals surface area contributed by atoms with E-state index < -0.39 is 0 Å². The summed E-state index contributed by atoms with van der Waals surface area (Å²) < 4.78 is 10.8. The second kappa shape index (κ2) is 7.90. The molecule has 0 spiro atoms. The second-order valence-corrected chi connectivity index (χ2v) is 6.12. The van der Waals surface area contributed by atoms with Crippen molar-refractivity contribution >= 4 is 11.6 Å². The number of methoxy groups -OCH3 is 2. The van der Waals surface area contributed by atoms with E-state index in [1.54, 1.807) is 14.2 Å². The third-order valence-electron chi connectivity index (χ3n) is 4.33. The molecule has 0 aromatic heterocycles. The zero-order valence-electron chi connectivity index (χ0n) is 13.2. The predicted octanol–water partition coefficient (Wildman–Crippen LogP) is 4.59. The average Bonchev–Trinajstić information content (AvgIpc) is 2.45. The predicted molar refractivity (Wildman–Crippen MR) is 87.5 cm³/mol. The van der Waals surface area contributed by atoms with Crippen LogP contribution in [0, 0.1) is 5.92 Å². The average molecular weight is 312 g/mol. The highest BCUT2D eigenvalue weighted by molar-refractivity contribution is 6.33. The highest BCUT2D eigenvalue weighted by atomic mass is 35.5. The maximum atomic E-state index is 6.40. The highest BCUT2D eigenvalue weighted by Crippen LogP contribution is 2.42. The van der Waals surface area contributed by atoms with Crippen molar-refractivity contribution in [2.75, 3.05) is 20.8 Å². The van der Waals surface area contributed by atoms with Crippen LogP contribution in [-0.2, 0) is 0 Å².